The van der Waals surface area contributed by atoms with E-state index in [2.05, 4.69) is 0 Å². The van der Waals surface area contributed by atoms with E-state index in [-0.39, 0.29) is 17.8 Å². The molecule has 0 aromatic carbocycles. The van der Waals surface area contributed by atoms with E-state index in [1.165, 1.54) is 6.08 Å². The molecule has 0 rings (SSSR count). The van der Waals surface area contributed by atoms with Crippen LogP contribution in [0.4, 0.5) is 0 Å². The van der Waals surface area contributed by atoms with Crippen molar-refractivity contribution in [3.63, 3.8) is 0 Å². The molecule has 0 saturated carbocycles. The first-order valence-corrected chi connectivity index (χ1v) is 5.52. The molecule has 0 aliphatic rings. The van der Waals surface area contributed by atoms with E-state index in [0.717, 1.165) is 0 Å². The van der Waals surface area contributed by atoms with Gasteiger partial charge in [0.2, 0.25) is 0 Å². The van der Waals surface area contributed by atoms with E-state index in [0.29, 0.717) is 30.6 Å². The molecule has 0 aromatic heterocycles. The van der Waals surface area contributed by atoms with E-state index in [4.69, 9.17) is 7.59 Å². The summed E-state index contributed by atoms with van der Waals surface area (Å²) < 4.78 is 10.2. The van der Waals surface area contributed by atoms with Crippen molar-refractivity contribution in [2.75, 3.05) is 7.11 Å². The van der Waals surface area contributed by atoms with Crippen molar-refractivity contribution in [3.8, 4) is 0 Å². The number of methoxy groups -OCH3 is 1. The Balaban J connectivity index is 4.47. The topological polar surface area (TPSA) is 35.5 Å². The van der Waals surface area contributed by atoms with E-state index in [1.54, 1.807) is 7.11 Å². The molecule has 4 heteroatoms. The summed E-state index contributed by atoms with van der Waals surface area (Å²) in [6.07, 6.45) is 1.39. The summed E-state index contributed by atoms with van der Waals surface area (Å²) in [4.78, 5) is 11.3. The number of allylic oxidation sites excluding steroid dienone is 1. The second kappa shape index (κ2) is 6.49. The number of ether oxygens (including phenoxy) is 1. The van der Waals surface area contributed by atoms with Crippen molar-refractivity contribution in [3.05, 3.63) is 11.8 Å². The van der Waals surface area contributed by atoms with Gasteiger partial charge in [0.25, 0.3) is 0 Å². The van der Waals surface area contributed by atoms with Gasteiger partial charge in [-0.15, -0.1) is 0 Å². The Kier molecular flexibility index (Phi) is 6.51. The van der Waals surface area contributed by atoms with Crippen LogP contribution in [0.25, 0.3) is 0 Å². The normalized spacial score (nSPS) is 14.4. The molecular formula is C9H15InO3. The zero-order chi connectivity index (χ0) is 10.4. The Morgan fingerprint density at radius 3 is 2.23 bits per heavy atom. The van der Waals surface area contributed by atoms with Crippen LogP contribution in [0.3, 0.4) is 0 Å². The molecule has 72 valence electrons. The van der Waals surface area contributed by atoms with E-state index >= 15 is 0 Å². The van der Waals surface area contributed by atoms with Crippen LogP contribution in [0.1, 0.15) is 20.8 Å². The van der Waals surface area contributed by atoms with Gasteiger partial charge in [0.05, 0.1) is 0 Å². The molecule has 2 radical (unpaired) electrons. The minimum absolute atomic E-state index is 0.00908. The summed E-state index contributed by atoms with van der Waals surface area (Å²) in [6.45, 7) is 5.58. The van der Waals surface area contributed by atoms with Gasteiger partial charge in [-0.05, 0) is 0 Å². The van der Waals surface area contributed by atoms with Gasteiger partial charge < -0.3 is 0 Å². The zero-order valence-corrected chi connectivity index (χ0v) is 11.8. The fraction of sp³-hybridized carbons (Fsp3) is 0.667. The maximum atomic E-state index is 11.3. The number of rotatable bonds is 5. The van der Waals surface area contributed by atoms with Gasteiger partial charge in [0, 0.05) is 0 Å². The van der Waals surface area contributed by atoms with E-state index < -0.39 is 0 Å². The summed E-state index contributed by atoms with van der Waals surface area (Å²) >= 11 is 0.637. The molecule has 0 bridgehead atoms. The van der Waals surface area contributed by atoms with Crippen molar-refractivity contribution < 1.29 is 12.4 Å². The second-order valence-electron chi connectivity index (χ2n) is 3.10. The Hall–Kier alpha value is 0.0401. The predicted octanol–water partition coefficient (Wildman–Crippen LogP) is 1.23. The summed E-state index contributed by atoms with van der Waals surface area (Å²) in [6, 6.07) is 0. The molecule has 13 heavy (non-hydrogen) atoms. The summed E-state index contributed by atoms with van der Waals surface area (Å²) in [5.41, 5.74) is 0. The van der Waals surface area contributed by atoms with Crippen LogP contribution in [0.2, 0.25) is 0 Å². The monoisotopic (exact) mass is 286 g/mol. The Labute approximate surface area is 94.7 Å². The molecule has 0 heterocycles. The number of carbonyl (C=O) groups is 1. The molecule has 1 atom stereocenters. The van der Waals surface area contributed by atoms with Crippen LogP contribution < -0.4 is 0 Å². The summed E-state index contributed by atoms with van der Waals surface area (Å²) in [5, 5.41) is 0. The van der Waals surface area contributed by atoms with E-state index in [1.807, 2.05) is 20.8 Å². The van der Waals surface area contributed by atoms with Crippen molar-refractivity contribution >= 4 is 30.6 Å². The van der Waals surface area contributed by atoms with Crippen molar-refractivity contribution in [1.29, 1.82) is 0 Å². The molecule has 0 aromatic rings. The number of carbonyl (C=O) groups excluding carboxylic acids is 1. The first kappa shape index (κ1) is 13.0. The average molecular weight is 286 g/mol. The Morgan fingerprint density at radius 1 is 1.38 bits per heavy atom. The number of ketones is 1. The van der Waals surface area contributed by atoms with Crippen LogP contribution in [-0.2, 0) is 12.4 Å². The van der Waals surface area contributed by atoms with Gasteiger partial charge in [0.15, 0.2) is 0 Å². The van der Waals surface area contributed by atoms with Gasteiger partial charge in [0.1, 0.15) is 0 Å². The SMILES string of the molecule is COC(C)/C(=C/C(=O)C(C)C)[O][In]. The van der Waals surface area contributed by atoms with Gasteiger partial charge >= 0.3 is 94.7 Å². The molecule has 0 aliphatic heterocycles. The molecule has 0 spiro atoms. The fourth-order valence-corrected chi connectivity index (χ4v) is 1.41. The van der Waals surface area contributed by atoms with Crippen LogP contribution in [0.5, 0.6) is 0 Å². The molecule has 0 amide bonds. The zero-order valence-electron chi connectivity index (χ0n) is 8.53. The number of hydrogen-bond acceptors (Lipinski definition) is 3. The second-order valence-corrected chi connectivity index (χ2v) is 3.77. The first-order chi connectivity index (χ1) is 6.02. The van der Waals surface area contributed by atoms with Crippen LogP contribution >= 0.6 is 0 Å². The van der Waals surface area contributed by atoms with Crippen LogP contribution in [0, 0.1) is 5.92 Å². The van der Waals surface area contributed by atoms with Gasteiger partial charge in [-0.3, -0.25) is 0 Å². The van der Waals surface area contributed by atoms with Gasteiger partial charge in [-0.1, -0.05) is 0 Å². The molecule has 0 N–H and O–H groups in total. The van der Waals surface area contributed by atoms with Crippen molar-refractivity contribution in [2.24, 2.45) is 5.92 Å². The Bertz CT molecular complexity index is 199. The molecular weight excluding hydrogens is 271 g/mol. The third-order valence-electron chi connectivity index (χ3n) is 1.74. The quantitative estimate of drug-likeness (QED) is 0.563. The first-order valence-electron chi connectivity index (χ1n) is 4.17. The molecule has 3 nitrogen and oxygen atoms in total. The van der Waals surface area contributed by atoms with Gasteiger partial charge in [-0.2, -0.15) is 0 Å². The van der Waals surface area contributed by atoms with E-state index in [9.17, 15) is 4.79 Å². The maximum absolute atomic E-state index is 11.3. The van der Waals surface area contributed by atoms with Gasteiger partial charge in [-0.25, -0.2) is 0 Å². The Morgan fingerprint density at radius 2 is 1.92 bits per heavy atom. The van der Waals surface area contributed by atoms with Crippen LogP contribution in [0.15, 0.2) is 11.8 Å². The molecule has 0 saturated heterocycles. The molecule has 0 fully saturated rings. The predicted molar refractivity (Wildman–Crippen MR) is 51.2 cm³/mol. The third-order valence-corrected chi connectivity index (χ3v) is 2.52. The summed E-state index contributed by atoms with van der Waals surface area (Å²) in [7, 11) is 1.60. The molecule has 1 unspecified atom stereocenters. The standard InChI is InChI=1S/C9H16O3.In/c1-6(2)8(10)5-9(11)7(3)12-4;/h5-7,11H,1-4H3;/q;+1/p-1/b9-5-;. The summed E-state index contributed by atoms with van der Waals surface area (Å²) in [5.74, 6) is 0.714. The van der Waals surface area contributed by atoms with Crippen molar-refractivity contribution in [2.45, 2.75) is 26.9 Å². The third kappa shape index (κ3) is 4.72. The van der Waals surface area contributed by atoms with Crippen LogP contribution in [-0.4, -0.2) is 43.8 Å². The number of hydrogen-bond donors (Lipinski definition) is 0. The fourth-order valence-electron chi connectivity index (χ4n) is 0.670. The molecule has 0 aliphatic carbocycles. The minimum atomic E-state index is -0.141. The average Bonchev–Trinajstić information content (AvgIpc) is 2.12. The van der Waals surface area contributed by atoms with Crippen molar-refractivity contribution in [1.82, 2.24) is 0 Å².